The van der Waals surface area contributed by atoms with Crippen LogP contribution in [0.2, 0.25) is 0 Å². The summed E-state index contributed by atoms with van der Waals surface area (Å²) >= 11 is 0. The second-order valence-corrected chi connectivity index (χ2v) is 15.9. The maximum Gasteiger partial charge on any atom is 0.407 e. The number of rotatable bonds is 7. The third kappa shape index (κ3) is 7.10. The lowest BCUT2D eigenvalue weighted by Gasteiger charge is -2.41. The maximum absolute atomic E-state index is 15.3. The number of fused-ring (bicyclic) bond motifs is 3. The number of phenolic OH excluding ortho intramolecular Hbond substituents is 1. The van der Waals surface area contributed by atoms with E-state index in [2.05, 4.69) is 22.0 Å². The molecular formula is C46H47N7O6. The third-order valence-corrected chi connectivity index (χ3v) is 12.3. The van der Waals surface area contributed by atoms with Crippen molar-refractivity contribution in [1.29, 1.82) is 0 Å². The van der Waals surface area contributed by atoms with Gasteiger partial charge in [-0.2, -0.15) is 0 Å². The molecule has 0 radical (unpaired) electrons. The second kappa shape index (κ2) is 15.4. The molecule has 0 unspecified atom stereocenters. The molecule has 0 spiro atoms. The number of hydrogen-bond acceptors (Lipinski definition) is 7. The van der Waals surface area contributed by atoms with Crippen molar-refractivity contribution in [3.63, 3.8) is 0 Å². The highest BCUT2D eigenvalue weighted by atomic mass is 16.5. The Balaban J connectivity index is 1.15. The van der Waals surface area contributed by atoms with Gasteiger partial charge >= 0.3 is 6.09 Å². The highest BCUT2D eigenvalue weighted by Crippen LogP contribution is 2.38. The Bertz CT molecular complexity index is 2610. The van der Waals surface area contributed by atoms with Gasteiger partial charge in [0.2, 0.25) is 0 Å². The zero-order chi connectivity index (χ0) is 40.9. The van der Waals surface area contributed by atoms with E-state index in [4.69, 9.17) is 4.74 Å². The number of nitrogens with zero attached hydrogens (tertiary/aromatic N) is 7. The van der Waals surface area contributed by atoms with Gasteiger partial charge in [0.1, 0.15) is 11.4 Å². The molecule has 3 aromatic carbocycles. The summed E-state index contributed by atoms with van der Waals surface area (Å²) < 4.78 is 9.53. The van der Waals surface area contributed by atoms with Crippen molar-refractivity contribution in [3.8, 4) is 17.0 Å². The van der Waals surface area contributed by atoms with Crippen LogP contribution in [0.1, 0.15) is 48.7 Å². The molecule has 13 nitrogen and oxygen atoms in total. The first-order valence-corrected chi connectivity index (χ1v) is 20.1. The van der Waals surface area contributed by atoms with Crippen LogP contribution >= 0.6 is 0 Å². The van der Waals surface area contributed by atoms with Gasteiger partial charge in [-0.3, -0.25) is 19.4 Å². The molecule has 302 valence electrons. The van der Waals surface area contributed by atoms with Crippen molar-refractivity contribution in [2.45, 2.75) is 38.9 Å². The number of ether oxygens (including phenoxy) is 1. The van der Waals surface area contributed by atoms with Crippen molar-refractivity contribution in [2.24, 2.45) is 14.1 Å². The number of aryl methyl sites for hydroxylation is 1. The number of benzene rings is 3. The smallest absolute Gasteiger partial charge is 0.407 e. The lowest BCUT2D eigenvalue weighted by molar-refractivity contribution is 0.0193. The van der Waals surface area contributed by atoms with Crippen LogP contribution in [0.5, 0.6) is 5.75 Å². The van der Waals surface area contributed by atoms with Crippen molar-refractivity contribution in [3.05, 3.63) is 130 Å². The number of aromatic nitrogens is 3. The van der Waals surface area contributed by atoms with E-state index in [9.17, 15) is 15.0 Å². The van der Waals surface area contributed by atoms with Crippen LogP contribution in [0.25, 0.3) is 22.3 Å². The number of pyridine rings is 1. The van der Waals surface area contributed by atoms with Gasteiger partial charge in [0, 0.05) is 99.2 Å². The van der Waals surface area contributed by atoms with E-state index in [0.717, 1.165) is 40.8 Å². The number of hydrogen-bond donors (Lipinski definition) is 2. The van der Waals surface area contributed by atoms with Gasteiger partial charge in [0.25, 0.3) is 11.8 Å². The van der Waals surface area contributed by atoms with Crippen LogP contribution in [-0.4, -0.2) is 102 Å². The molecule has 1 saturated heterocycles. The Labute approximate surface area is 342 Å². The van der Waals surface area contributed by atoms with Gasteiger partial charge in [0.05, 0.1) is 30.7 Å². The molecule has 6 aromatic rings. The predicted molar refractivity (Wildman–Crippen MR) is 224 cm³/mol. The third-order valence-electron chi connectivity index (χ3n) is 12.3. The Hall–Kier alpha value is -6.44. The molecule has 1 fully saturated rings. The number of carbonyl (C=O) groups excluding carboxylic acids is 2. The molecule has 13 heteroatoms. The first-order chi connectivity index (χ1) is 28.5. The fourth-order valence-corrected chi connectivity index (χ4v) is 8.93. The van der Waals surface area contributed by atoms with Gasteiger partial charge in [-0.15, -0.1) is 0 Å². The summed E-state index contributed by atoms with van der Waals surface area (Å²) in [6.45, 7) is 6.47. The van der Waals surface area contributed by atoms with E-state index in [0.29, 0.717) is 85.1 Å². The SMILES string of the molecule is Cc1c(C(=O)N(c2ccc(O)cc2)c2cnc3c(ccn3C)c2)cc(-c2cc3c(cc2C(=O)N2Cc4ccccc4C[C@H]2CN2CCOCC2)CN(C(=O)O)CC3)n1C. The van der Waals surface area contributed by atoms with E-state index >= 15 is 9.59 Å². The van der Waals surface area contributed by atoms with Crippen LogP contribution in [0.4, 0.5) is 16.2 Å². The van der Waals surface area contributed by atoms with Crippen molar-refractivity contribution < 1.29 is 29.3 Å². The minimum absolute atomic E-state index is 0.0800. The quantitative estimate of drug-likeness (QED) is 0.187. The number of carbonyl (C=O) groups is 3. The van der Waals surface area contributed by atoms with E-state index in [1.807, 2.05) is 83.7 Å². The second-order valence-electron chi connectivity index (χ2n) is 15.9. The molecular weight excluding hydrogens is 747 g/mol. The Morgan fingerprint density at radius 1 is 0.847 bits per heavy atom. The van der Waals surface area contributed by atoms with E-state index in [1.54, 1.807) is 35.4 Å². The summed E-state index contributed by atoms with van der Waals surface area (Å²) in [6, 6.07) is 24.4. The molecule has 6 heterocycles. The largest absolute Gasteiger partial charge is 0.508 e. The highest BCUT2D eigenvalue weighted by Gasteiger charge is 2.35. The molecule has 3 aliphatic rings. The van der Waals surface area contributed by atoms with E-state index in [-0.39, 0.29) is 30.2 Å². The Morgan fingerprint density at radius 2 is 1.61 bits per heavy atom. The van der Waals surface area contributed by atoms with Gasteiger partial charge < -0.3 is 33.9 Å². The van der Waals surface area contributed by atoms with Crippen molar-refractivity contribution in [2.75, 3.05) is 44.3 Å². The number of phenols is 1. The van der Waals surface area contributed by atoms with Crippen molar-refractivity contribution in [1.82, 2.24) is 28.8 Å². The fraction of sp³-hybridized carbons (Fsp3) is 0.304. The predicted octanol–water partition coefficient (Wildman–Crippen LogP) is 6.51. The summed E-state index contributed by atoms with van der Waals surface area (Å²) in [6.07, 6.45) is 3.82. The monoisotopic (exact) mass is 793 g/mol. The molecule has 9 rings (SSSR count). The van der Waals surface area contributed by atoms with Crippen LogP contribution in [0.15, 0.2) is 91.3 Å². The van der Waals surface area contributed by atoms with Gasteiger partial charge in [-0.25, -0.2) is 9.78 Å². The minimum Gasteiger partial charge on any atom is -0.508 e. The zero-order valence-electron chi connectivity index (χ0n) is 33.5. The van der Waals surface area contributed by atoms with Crippen LogP contribution in [0, 0.1) is 6.92 Å². The summed E-state index contributed by atoms with van der Waals surface area (Å²) in [4.78, 5) is 54.5. The lowest BCUT2D eigenvalue weighted by Crippen LogP contribution is -2.52. The molecule has 3 amide bonds. The maximum atomic E-state index is 15.3. The molecule has 1 atom stereocenters. The molecule has 0 aliphatic carbocycles. The first-order valence-electron chi connectivity index (χ1n) is 20.1. The number of anilines is 2. The molecule has 59 heavy (non-hydrogen) atoms. The molecule has 0 bridgehead atoms. The van der Waals surface area contributed by atoms with Crippen LogP contribution in [-0.2, 0) is 44.8 Å². The highest BCUT2D eigenvalue weighted by molar-refractivity contribution is 6.13. The average Bonchev–Trinajstić information content (AvgIpc) is 3.77. The van der Waals surface area contributed by atoms with Gasteiger partial charge in [0.15, 0.2) is 0 Å². The molecule has 3 aromatic heterocycles. The Kier molecular flexibility index (Phi) is 9.93. The number of aromatic hydroxyl groups is 1. The first kappa shape index (κ1) is 38.1. The van der Waals surface area contributed by atoms with E-state index in [1.165, 1.54) is 10.5 Å². The molecule has 3 aliphatic heterocycles. The summed E-state index contributed by atoms with van der Waals surface area (Å²) in [7, 11) is 3.82. The van der Waals surface area contributed by atoms with Crippen LogP contribution < -0.4 is 4.90 Å². The van der Waals surface area contributed by atoms with E-state index < -0.39 is 6.09 Å². The topological polar surface area (TPSA) is 137 Å². The van der Waals surface area contributed by atoms with Crippen molar-refractivity contribution >= 4 is 40.3 Å². The van der Waals surface area contributed by atoms with Crippen LogP contribution in [0.3, 0.4) is 0 Å². The lowest BCUT2D eigenvalue weighted by atomic mass is 9.89. The Morgan fingerprint density at radius 3 is 2.37 bits per heavy atom. The minimum atomic E-state index is -0.994. The summed E-state index contributed by atoms with van der Waals surface area (Å²) in [5, 5.41) is 21.0. The standard InChI is InChI=1S/C46H47N7O6/c1-29-39(45(56)53(35-8-10-38(54)11-9-35)36-21-32-12-14-48(2)43(32)47-25-36)24-42(49(29)3)40-22-31-13-15-51(46(57)58)26-34(31)23-41(40)44(55)52-27-33-7-5-4-6-30(33)20-37(52)28-50-16-18-59-19-17-50/h4-12,14,21-25,37,54H,13,15-20,26-28H2,1-3H3,(H,57,58)/t37-/m0/s1. The van der Waals surface area contributed by atoms with Gasteiger partial charge in [-0.05, 0) is 96.6 Å². The fourth-order valence-electron chi connectivity index (χ4n) is 8.93. The molecule has 0 saturated carbocycles. The summed E-state index contributed by atoms with van der Waals surface area (Å²) in [5.74, 6) is -0.354. The number of carboxylic acid groups (broad SMARTS) is 1. The number of amides is 3. The number of morpholine rings is 1. The normalized spacial score (nSPS) is 16.8. The summed E-state index contributed by atoms with van der Waals surface area (Å²) in [5.41, 5.74) is 9.02. The molecule has 2 N–H and O–H groups in total. The average molecular weight is 794 g/mol. The van der Waals surface area contributed by atoms with Gasteiger partial charge in [-0.1, -0.05) is 24.3 Å². The zero-order valence-corrected chi connectivity index (χ0v) is 33.5.